The maximum absolute atomic E-state index is 12.0. The quantitative estimate of drug-likeness (QED) is 0.757. The summed E-state index contributed by atoms with van der Waals surface area (Å²) >= 11 is 0. The number of anilines is 1. The van der Waals surface area contributed by atoms with Crippen LogP contribution in [0.4, 0.5) is 5.69 Å². The Morgan fingerprint density at radius 1 is 1.36 bits per heavy atom. The molecule has 7 nitrogen and oxygen atoms in total. The molecule has 0 aromatic heterocycles. The predicted molar refractivity (Wildman–Crippen MR) is 81.1 cm³/mol. The van der Waals surface area contributed by atoms with Crippen LogP contribution in [0.15, 0.2) is 24.3 Å². The molecular weight excluding hydrogens is 306 g/mol. The minimum Gasteiger partial charge on any atom is -0.376 e. The third-order valence-corrected chi connectivity index (χ3v) is 4.24. The van der Waals surface area contributed by atoms with Crippen LogP contribution in [0, 0.1) is 11.3 Å². The number of nitriles is 1. The number of hydrogen-bond acceptors (Lipinski definition) is 6. The third kappa shape index (κ3) is 4.44. The van der Waals surface area contributed by atoms with Gasteiger partial charge in [0.15, 0.2) is 0 Å². The number of rotatable bonds is 6. The minimum absolute atomic E-state index is 0.0113. The van der Waals surface area contributed by atoms with Crippen LogP contribution in [-0.2, 0) is 19.4 Å². The second kappa shape index (κ2) is 6.34. The molecule has 1 aliphatic heterocycles. The largest absolute Gasteiger partial charge is 0.376 e. The first-order valence-electron chi connectivity index (χ1n) is 6.62. The SMILES string of the molecule is CS(=O)(=O)CC1(NC(=O)CNc2ccc(C#N)cc2)COC1. The molecule has 0 bridgehead atoms. The summed E-state index contributed by atoms with van der Waals surface area (Å²) in [4.78, 5) is 12.0. The summed E-state index contributed by atoms with van der Waals surface area (Å²) in [6.07, 6.45) is 1.13. The Kier molecular flexibility index (Phi) is 4.68. The number of carbonyl (C=O) groups is 1. The molecule has 0 spiro atoms. The maximum Gasteiger partial charge on any atom is 0.239 e. The van der Waals surface area contributed by atoms with Crippen LogP contribution in [0.3, 0.4) is 0 Å². The molecule has 0 unspecified atom stereocenters. The van der Waals surface area contributed by atoms with Crippen molar-refractivity contribution in [2.75, 3.05) is 37.1 Å². The van der Waals surface area contributed by atoms with Gasteiger partial charge >= 0.3 is 0 Å². The lowest BCUT2D eigenvalue weighted by atomic mass is 10.0. The van der Waals surface area contributed by atoms with Gasteiger partial charge < -0.3 is 15.4 Å². The average molecular weight is 323 g/mol. The van der Waals surface area contributed by atoms with Gasteiger partial charge in [0, 0.05) is 11.9 Å². The fourth-order valence-electron chi connectivity index (χ4n) is 2.23. The van der Waals surface area contributed by atoms with E-state index in [1.807, 2.05) is 6.07 Å². The first kappa shape index (κ1) is 16.3. The number of carbonyl (C=O) groups excluding carboxylic acids is 1. The van der Waals surface area contributed by atoms with Gasteiger partial charge in [0.25, 0.3) is 0 Å². The second-order valence-electron chi connectivity index (χ2n) is 5.43. The highest BCUT2D eigenvalue weighted by Gasteiger charge is 2.42. The summed E-state index contributed by atoms with van der Waals surface area (Å²) < 4.78 is 27.9. The van der Waals surface area contributed by atoms with E-state index in [-0.39, 0.29) is 31.4 Å². The summed E-state index contributed by atoms with van der Waals surface area (Å²) in [5.74, 6) is -0.445. The van der Waals surface area contributed by atoms with Crippen molar-refractivity contribution in [3.63, 3.8) is 0 Å². The standard InChI is InChI=1S/C14H17N3O4S/c1-22(19,20)10-14(8-21-9-14)17-13(18)7-16-12-4-2-11(6-15)3-5-12/h2-5,16H,7-10H2,1H3,(H,17,18). The van der Waals surface area contributed by atoms with Crippen molar-refractivity contribution in [2.45, 2.75) is 5.54 Å². The van der Waals surface area contributed by atoms with E-state index in [0.717, 1.165) is 6.26 Å². The van der Waals surface area contributed by atoms with E-state index in [2.05, 4.69) is 10.6 Å². The van der Waals surface area contributed by atoms with Crippen molar-refractivity contribution in [2.24, 2.45) is 0 Å². The van der Waals surface area contributed by atoms with Crippen molar-refractivity contribution in [1.29, 1.82) is 5.26 Å². The lowest BCUT2D eigenvalue weighted by molar-refractivity contribution is -0.129. The van der Waals surface area contributed by atoms with Gasteiger partial charge in [-0.05, 0) is 24.3 Å². The van der Waals surface area contributed by atoms with Gasteiger partial charge in [-0.2, -0.15) is 5.26 Å². The van der Waals surface area contributed by atoms with Gasteiger partial charge in [-0.25, -0.2) is 8.42 Å². The van der Waals surface area contributed by atoms with Gasteiger partial charge in [0.1, 0.15) is 15.4 Å². The van der Waals surface area contributed by atoms with E-state index in [1.165, 1.54) is 0 Å². The van der Waals surface area contributed by atoms with Crippen LogP contribution in [0.25, 0.3) is 0 Å². The maximum atomic E-state index is 12.0. The molecule has 1 aromatic rings. The molecule has 0 aliphatic carbocycles. The summed E-state index contributed by atoms with van der Waals surface area (Å²) in [5, 5.41) is 14.3. The van der Waals surface area contributed by atoms with Crippen molar-refractivity contribution in [1.82, 2.24) is 5.32 Å². The zero-order valence-electron chi connectivity index (χ0n) is 12.1. The highest BCUT2D eigenvalue weighted by Crippen LogP contribution is 2.19. The summed E-state index contributed by atoms with van der Waals surface area (Å²) in [5.41, 5.74) is 0.418. The summed E-state index contributed by atoms with van der Waals surface area (Å²) in [7, 11) is -3.21. The van der Waals surface area contributed by atoms with E-state index in [9.17, 15) is 13.2 Å². The topological polar surface area (TPSA) is 108 Å². The molecule has 118 valence electrons. The third-order valence-electron chi connectivity index (χ3n) is 3.17. The monoisotopic (exact) mass is 323 g/mol. The number of hydrogen-bond donors (Lipinski definition) is 2. The van der Waals surface area contributed by atoms with Crippen LogP contribution in [-0.4, -0.2) is 51.6 Å². The highest BCUT2D eigenvalue weighted by molar-refractivity contribution is 7.90. The van der Waals surface area contributed by atoms with Crippen LogP contribution in [0.5, 0.6) is 0 Å². The summed E-state index contributed by atoms with van der Waals surface area (Å²) in [6.45, 7) is 0.406. The molecule has 0 radical (unpaired) electrons. The first-order valence-corrected chi connectivity index (χ1v) is 8.68. The van der Waals surface area contributed by atoms with Gasteiger partial charge in [-0.1, -0.05) is 0 Å². The van der Waals surface area contributed by atoms with Crippen molar-refractivity contribution < 1.29 is 17.9 Å². The Morgan fingerprint density at radius 2 is 2.00 bits per heavy atom. The number of nitrogens with zero attached hydrogens (tertiary/aromatic N) is 1. The number of benzene rings is 1. The van der Waals surface area contributed by atoms with Crippen LogP contribution >= 0.6 is 0 Å². The van der Waals surface area contributed by atoms with E-state index >= 15 is 0 Å². The molecular formula is C14H17N3O4S. The van der Waals surface area contributed by atoms with E-state index in [1.54, 1.807) is 24.3 Å². The normalized spacial score (nSPS) is 16.2. The molecule has 1 aromatic carbocycles. The number of amides is 1. The molecule has 0 atom stereocenters. The van der Waals surface area contributed by atoms with E-state index < -0.39 is 15.4 Å². The van der Waals surface area contributed by atoms with Crippen LogP contribution in [0.1, 0.15) is 5.56 Å². The Balaban J connectivity index is 1.88. The predicted octanol–water partition coefficient (Wildman–Crippen LogP) is -0.100. The lowest BCUT2D eigenvalue weighted by Crippen LogP contribution is -2.66. The zero-order valence-corrected chi connectivity index (χ0v) is 12.9. The van der Waals surface area contributed by atoms with E-state index in [0.29, 0.717) is 11.3 Å². The average Bonchev–Trinajstić information content (AvgIpc) is 2.42. The van der Waals surface area contributed by atoms with Crippen molar-refractivity contribution >= 4 is 21.4 Å². The second-order valence-corrected chi connectivity index (χ2v) is 7.57. The van der Waals surface area contributed by atoms with Crippen molar-refractivity contribution in [3.05, 3.63) is 29.8 Å². The number of sulfone groups is 1. The Morgan fingerprint density at radius 3 is 2.45 bits per heavy atom. The fraction of sp³-hybridized carbons (Fsp3) is 0.429. The van der Waals surface area contributed by atoms with Gasteiger partial charge in [-0.3, -0.25) is 4.79 Å². The molecule has 1 heterocycles. The lowest BCUT2D eigenvalue weighted by Gasteiger charge is -2.41. The Bertz CT molecular complexity index is 688. The van der Waals surface area contributed by atoms with Gasteiger partial charge in [0.05, 0.1) is 37.1 Å². The van der Waals surface area contributed by atoms with Crippen molar-refractivity contribution in [3.8, 4) is 6.07 Å². The smallest absolute Gasteiger partial charge is 0.239 e. The number of nitrogens with one attached hydrogen (secondary N) is 2. The molecule has 0 saturated carbocycles. The van der Waals surface area contributed by atoms with Crippen LogP contribution < -0.4 is 10.6 Å². The van der Waals surface area contributed by atoms with Crippen LogP contribution in [0.2, 0.25) is 0 Å². The zero-order chi connectivity index (χ0) is 16.2. The Labute approximate surface area is 129 Å². The minimum atomic E-state index is -3.21. The molecule has 2 N–H and O–H groups in total. The van der Waals surface area contributed by atoms with Gasteiger partial charge in [-0.15, -0.1) is 0 Å². The number of ether oxygens (including phenoxy) is 1. The molecule has 1 fully saturated rings. The molecule has 8 heteroatoms. The fourth-order valence-corrected chi connectivity index (χ4v) is 3.47. The van der Waals surface area contributed by atoms with E-state index in [4.69, 9.17) is 10.00 Å². The molecule has 1 saturated heterocycles. The summed E-state index contributed by atoms with van der Waals surface area (Å²) in [6, 6.07) is 8.70. The molecule has 2 rings (SSSR count). The highest BCUT2D eigenvalue weighted by atomic mass is 32.2. The molecule has 1 aliphatic rings. The molecule has 1 amide bonds. The Hall–Kier alpha value is -2.11. The van der Waals surface area contributed by atoms with Gasteiger partial charge in [0.2, 0.25) is 5.91 Å². The molecule has 22 heavy (non-hydrogen) atoms. The first-order chi connectivity index (χ1) is 10.3.